The van der Waals surface area contributed by atoms with E-state index in [0.717, 1.165) is 0 Å². The molecule has 0 N–H and O–H groups in total. The van der Waals surface area contributed by atoms with Gasteiger partial charge in [0.15, 0.2) is 0 Å². The second-order valence-electron chi connectivity index (χ2n) is 0. The van der Waals surface area contributed by atoms with Gasteiger partial charge in [0.25, 0.3) is 0 Å². The molecule has 0 aromatic carbocycles. The maximum Gasteiger partial charge on any atom is 0 e. The molecule has 0 rings (SSSR count). The molecule has 0 aliphatic carbocycles. The Morgan fingerprint density at radius 2 is 0.500 bits per heavy atom. The largest absolute Gasteiger partial charge is 0.269 e. The summed E-state index contributed by atoms with van der Waals surface area (Å²) in [6.45, 7) is 0. The Balaban J connectivity index is 0. The number of halogens is 4. The first-order valence-electron chi connectivity index (χ1n) is 0. The summed E-state index contributed by atoms with van der Waals surface area (Å²) in [6, 6.07) is 0. The molecule has 42 valence electrons. The fourth-order valence-corrected chi connectivity index (χ4v) is 0. The van der Waals surface area contributed by atoms with Gasteiger partial charge in [-0.3, -0.25) is 18.8 Å². The van der Waals surface area contributed by atoms with Crippen LogP contribution in [0.4, 0.5) is 18.8 Å². The van der Waals surface area contributed by atoms with Crippen LogP contribution in [0, 0.1) is 7.43 Å². The van der Waals surface area contributed by atoms with Gasteiger partial charge in [0.05, 0.1) is 0 Å². The van der Waals surface area contributed by atoms with Crippen LogP contribution in [0.2, 0.25) is 0 Å². The standard InChI is InChI=1S/C.4FH.O/h;4*1H;. The molecule has 0 aromatic heterocycles. The minimum atomic E-state index is 0. The summed E-state index contributed by atoms with van der Waals surface area (Å²) in [4.78, 5) is 0. The summed E-state index contributed by atoms with van der Waals surface area (Å²) in [5, 5.41) is 0. The van der Waals surface area contributed by atoms with Crippen LogP contribution >= 0.6 is 0 Å². The highest BCUT2D eigenvalue weighted by Crippen LogP contribution is 0.423. The summed E-state index contributed by atoms with van der Waals surface area (Å²) in [7, 11) is 0. The molecule has 0 fully saturated rings. The van der Waals surface area contributed by atoms with Crippen molar-refractivity contribution in [3.63, 3.8) is 0 Å². The van der Waals surface area contributed by atoms with Crippen LogP contribution in [0.3, 0.4) is 0 Å². The third-order valence-corrected chi connectivity index (χ3v) is 0. The zero-order valence-electron chi connectivity index (χ0n) is 2.54. The molecule has 0 aromatic rings. The van der Waals surface area contributed by atoms with E-state index in [0.29, 0.717) is 0 Å². The highest BCUT2D eigenvalue weighted by Gasteiger charge is 0.00103. The third-order valence-electron chi connectivity index (χ3n) is 0. The molecule has 1 nitrogen and oxygen atoms in total. The van der Waals surface area contributed by atoms with E-state index in [9.17, 15) is 0 Å². The van der Waals surface area contributed by atoms with E-state index in [1.54, 1.807) is 0 Å². The van der Waals surface area contributed by atoms with Crippen LogP contribution in [-0.2, 0) is 5.48 Å². The van der Waals surface area contributed by atoms with Crippen LogP contribution in [0.15, 0.2) is 0 Å². The maximum atomic E-state index is 0. The summed E-state index contributed by atoms with van der Waals surface area (Å²) < 4.78 is 0. The molecule has 0 bridgehead atoms. The summed E-state index contributed by atoms with van der Waals surface area (Å²) >= 11 is 0. The summed E-state index contributed by atoms with van der Waals surface area (Å²) in [5.41, 5.74) is 0. The Morgan fingerprint density at radius 1 is 0.500 bits per heavy atom. The monoisotopic (exact) mass is 108 g/mol. The second kappa shape index (κ2) is 619. The van der Waals surface area contributed by atoms with E-state index in [2.05, 4.69) is 0 Å². The van der Waals surface area contributed by atoms with Crippen LogP contribution in [0.25, 0.3) is 0 Å². The third kappa shape index (κ3) is 258. The lowest BCUT2D eigenvalue weighted by Gasteiger charge is -0.270. The molecule has 0 spiro atoms. The van der Waals surface area contributed by atoms with E-state index >= 15 is 0 Å². The molecular formula is CH4F4O. The highest BCUT2D eigenvalue weighted by molar-refractivity contribution is 3.24. The molecular weight excluding hydrogens is 104 g/mol. The molecule has 0 atom stereocenters. The summed E-state index contributed by atoms with van der Waals surface area (Å²) in [6.07, 6.45) is 0. The summed E-state index contributed by atoms with van der Waals surface area (Å²) in [5.74, 6) is 0. The van der Waals surface area contributed by atoms with Crippen LogP contribution in [0.5, 0.6) is 0 Å². The molecule has 0 aliphatic heterocycles. The van der Waals surface area contributed by atoms with Crippen molar-refractivity contribution in [1.29, 1.82) is 0 Å². The number of hydrogen-bond donors (Lipinski definition) is 0. The normalized spacial score (nSPS) is 0. The molecule has 0 aliphatic rings. The Labute approximate surface area is 33.1 Å². The molecule has 0 saturated heterocycles. The van der Waals surface area contributed by atoms with E-state index in [1.807, 2.05) is 0 Å². The molecule has 6 heavy (non-hydrogen) atoms. The van der Waals surface area contributed by atoms with E-state index in [4.69, 9.17) is 0 Å². The van der Waals surface area contributed by atoms with Crippen molar-refractivity contribution in [2.24, 2.45) is 0 Å². The average Bonchev–Trinajstić information content (AvgIpc) is 0. The minimum absolute atomic E-state index is 0. The van der Waals surface area contributed by atoms with Crippen molar-refractivity contribution in [2.75, 3.05) is 0 Å². The Kier molecular flexibility index (Phi) is 125000. The predicted octanol–water partition coefficient (Wildman–Crippen LogP) is 0.572. The van der Waals surface area contributed by atoms with Crippen molar-refractivity contribution in [1.82, 2.24) is 0 Å². The molecule has 5 heteroatoms. The van der Waals surface area contributed by atoms with Crippen LogP contribution in [-0.4, -0.2) is 0 Å². The van der Waals surface area contributed by atoms with Gasteiger partial charge in [-0.25, -0.2) is 0 Å². The fraction of sp³-hybridized carbons (Fsp3) is 0. The van der Waals surface area contributed by atoms with E-state index in [1.165, 1.54) is 0 Å². The first kappa shape index (κ1) is 1210. The van der Waals surface area contributed by atoms with Crippen LogP contribution in [0.1, 0.15) is 0 Å². The lowest BCUT2D eigenvalue weighted by Crippen LogP contribution is -0.119. The fourth-order valence-electron chi connectivity index (χ4n) is 0. The average molecular weight is 108 g/mol. The van der Waals surface area contributed by atoms with E-state index in [-0.39, 0.29) is 31.7 Å². The van der Waals surface area contributed by atoms with Gasteiger partial charge in [0.1, 0.15) is 0 Å². The van der Waals surface area contributed by atoms with Gasteiger partial charge < -0.3 is 0 Å². The van der Waals surface area contributed by atoms with Crippen molar-refractivity contribution < 1.29 is 24.3 Å². The van der Waals surface area contributed by atoms with Gasteiger partial charge >= 0.3 is 0 Å². The first-order chi connectivity index (χ1) is 0. The van der Waals surface area contributed by atoms with Gasteiger partial charge in [0.2, 0.25) is 0 Å². The van der Waals surface area contributed by atoms with Gasteiger partial charge in [-0.15, -0.1) is 0 Å². The lowest BCUT2D eigenvalue weighted by atomic mass is 12.0. The minimum Gasteiger partial charge on any atom is -0.269 e. The maximum absolute atomic E-state index is 0. The highest BCUT2D eigenvalue weighted by atomic mass is 19.0. The van der Waals surface area contributed by atoms with Crippen molar-refractivity contribution in [3.8, 4) is 0 Å². The van der Waals surface area contributed by atoms with Crippen molar-refractivity contribution in [2.45, 2.75) is 0 Å². The predicted molar refractivity (Wildman–Crippen MR) is 13.9 cm³/mol. The van der Waals surface area contributed by atoms with Crippen molar-refractivity contribution >= 4 is 0 Å². The van der Waals surface area contributed by atoms with Gasteiger partial charge in [-0.05, 0) is 0 Å². The second-order valence-corrected chi connectivity index (χ2v) is 0. The number of hydrogen-bond acceptors (Lipinski definition) is 0. The van der Waals surface area contributed by atoms with Gasteiger partial charge in [0, 0.05) is 12.9 Å². The van der Waals surface area contributed by atoms with Gasteiger partial charge in [-0.1, -0.05) is 0 Å². The zero-order valence-corrected chi connectivity index (χ0v) is 2.54. The quantitative estimate of drug-likeness (QED) is 0.406. The SMILES string of the molecule is F.F.F.F.[C].[O]. The zero-order chi connectivity index (χ0) is 0. The Hall–Kier alpha value is -0.320. The Bertz CT molecular complexity index is 7.51. The smallest absolute Gasteiger partial charge is 0 e. The number of rotatable bonds is 0. The van der Waals surface area contributed by atoms with E-state index < -0.39 is 0 Å². The van der Waals surface area contributed by atoms with Crippen molar-refractivity contribution in [3.05, 3.63) is 7.43 Å². The molecule has 6 radical (unpaired) electrons. The Morgan fingerprint density at radius 3 is 0.500 bits per heavy atom. The van der Waals surface area contributed by atoms with Crippen LogP contribution < -0.4 is 0 Å². The lowest BCUT2D eigenvalue weighted by molar-refractivity contribution is 0.686. The molecule has 0 saturated carbocycles. The molecule has 0 heterocycles. The first-order valence-corrected chi connectivity index (χ1v) is 0. The van der Waals surface area contributed by atoms with Gasteiger partial charge in [-0.2, -0.15) is 0 Å². The molecule has 0 amide bonds. The molecule has 0 unspecified atom stereocenters. The topological polar surface area (TPSA) is 28.5 Å².